The van der Waals surface area contributed by atoms with Crippen LogP contribution in [0.25, 0.3) is 10.9 Å². The molecule has 1 heterocycles. The Kier molecular flexibility index (Phi) is 10.0. The van der Waals surface area contributed by atoms with Crippen LogP contribution in [0.2, 0.25) is 15.1 Å². The van der Waals surface area contributed by atoms with Crippen LogP contribution in [0.5, 0.6) is 0 Å². The fraction of sp³-hybridized carbons (Fsp3) is 0.214. The number of carbonyl (C=O) groups is 1. The number of fused-ring (bicyclic) bond motifs is 1. The molecule has 0 saturated heterocycles. The first-order valence-electron chi connectivity index (χ1n) is 12.3. The third-order valence-electron chi connectivity index (χ3n) is 6.02. The molecule has 0 fully saturated rings. The third-order valence-corrected chi connectivity index (χ3v) is 8.82. The second kappa shape index (κ2) is 13.5. The number of benzene rings is 3. The minimum Gasteiger partial charge on any atom is -0.384 e. The summed E-state index contributed by atoms with van der Waals surface area (Å²) in [5, 5.41) is 8.02. The number of anilines is 1. The molecule has 0 saturated carbocycles. The number of nitrogens with one attached hydrogen (secondary N) is 2. The number of aromatic nitrogens is 1. The van der Waals surface area contributed by atoms with E-state index >= 15 is 0 Å². The van der Waals surface area contributed by atoms with Gasteiger partial charge in [0.15, 0.2) is 0 Å². The van der Waals surface area contributed by atoms with Gasteiger partial charge in [-0.05, 0) is 60.9 Å². The zero-order valence-electron chi connectivity index (χ0n) is 20.9. The predicted molar refractivity (Wildman–Crippen MR) is 158 cm³/mol. The van der Waals surface area contributed by atoms with Crippen LogP contribution in [0.1, 0.15) is 12.0 Å². The summed E-state index contributed by atoms with van der Waals surface area (Å²) >= 11 is 18.3. The van der Waals surface area contributed by atoms with Crippen LogP contribution in [0, 0.1) is 0 Å². The number of hydrogen-bond acceptors (Lipinski definition) is 5. The lowest BCUT2D eigenvalue weighted by Gasteiger charge is -2.22. The minimum absolute atomic E-state index is 0.0431. The van der Waals surface area contributed by atoms with Crippen LogP contribution >= 0.6 is 34.8 Å². The minimum atomic E-state index is -4.09. The third kappa shape index (κ3) is 7.84. The Balaban J connectivity index is 1.36. The Hall–Kier alpha value is -2.88. The molecule has 0 spiro atoms. The summed E-state index contributed by atoms with van der Waals surface area (Å²) in [5.41, 5.74) is 2.66. The van der Waals surface area contributed by atoms with Crippen LogP contribution in [-0.2, 0) is 21.2 Å². The lowest BCUT2D eigenvalue weighted by Crippen LogP contribution is -2.42. The Morgan fingerprint density at radius 2 is 1.64 bits per heavy atom. The Morgan fingerprint density at radius 3 is 2.44 bits per heavy atom. The van der Waals surface area contributed by atoms with Crippen molar-refractivity contribution in [3.05, 3.63) is 99.6 Å². The van der Waals surface area contributed by atoms with Crippen molar-refractivity contribution in [2.75, 3.05) is 31.5 Å². The average Bonchev–Trinajstić information content (AvgIpc) is 2.92. The maximum absolute atomic E-state index is 13.5. The summed E-state index contributed by atoms with van der Waals surface area (Å²) in [6, 6.07) is 21.1. The standard InChI is InChI=1S/C28H27Cl3N4O3S/c29-21-7-9-23-25(11-15-33-26(23)17-21)32-13-4-14-34-28(36)19-35(16-12-20-5-2-1-3-6-20)39(37,38)27-18-22(30)8-10-24(27)31/h1-3,5-11,15,17-18H,4,12-14,16,19H2,(H,32,33)(H,34,36). The van der Waals surface area contributed by atoms with Crippen molar-refractivity contribution in [1.29, 1.82) is 0 Å². The number of carbonyl (C=O) groups excluding carboxylic acids is 1. The van der Waals surface area contributed by atoms with E-state index in [2.05, 4.69) is 15.6 Å². The average molecular weight is 606 g/mol. The van der Waals surface area contributed by atoms with Crippen LogP contribution in [0.15, 0.2) is 83.9 Å². The summed E-state index contributed by atoms with van der Waals surface area (Å²) in [6.07, 6.45) is 2.76. The molecule has 3 aromatic carbocycles. The van der Waals surface area contributed by atoms with Crippen molar-refractivity contribution in [2.24, 2.45) is 0 Å². The van der Waals surface area contributed by atoms with Crippen molar-refractivity contribution in [3.8, 4) is 0 Å². The maximum atomic E-state index is 13.5. The van der Waals surface area contributed by atoms with E-state index in [1.807, 2.05) is 48.5 Å². The van der Waals surface area contributed by atoms with Crippen molar-refractivity contribution in [3.63, 3.8) is 0 Å². The maximum Gasteiger partial charge on any atom is 0.245 e. The molecule has 4 aromatic rings. The fourth-order valence-corrected chi connectivity index (χ4v) is 6.33. The zero-order valence-corrected chi connectivity index (χ0v) is 24.0. The molecule has 0 aliphatic rings. The number of hydrogen-bond donors (Lipinski definition) is 2. The molecule has 2 N–H and O–H groups in total. The van der Waals surface area contributed by atoms with Gasteiger partial charge in [0.05, 0.1) is 17.1 Å². The van der Waals surface area contributed by atoms with Gasteiger partial charge in [-0.2, -0.15) is 4.31 Å². The summed E-state index contributed by atoms with van der Waals surface area (Å²) in [7, 11) is -4.09. The van der Waals surface area contributed by atoms with E-state index in [0.29, 0.717) is 31.0 Å². The van der Waals surface area contributed by atoms with Crippen molar-refractivity contribution in [2.45, 2.75) is 17.7 Å². The zero-order chi connectivity index (χ0) is 27.8. The van der Waals surface area contributed by atoms with Gasteiger partial charge in [0.25, 0.3) is 0 Å². The van der Waals surface area contributed by atoms with E-state index in [1.165, 1.54) is 18.2 Å². The van der Waals surface area contributed by atoms with E-state index in [0.717, 1.165) is 26.5 Å². The highest BCUT2D eigenvalue weighted by atomic mass is 35.5. The fourth-order valence-electron chi connectivity index (χ4n) is 4.03. The van der Waals surface area contributed by atoms with E-state index in [-0.39, 0.29) is 28.0 Å². The molecule has 0 bridgehead atoms. The largest absolute Gasteiger partial charge is 0.384 e. The summed E-state index contributed by atoms with van der Waals surface area (Å²) in [5.74, 6) is -0.409. The van der Waals surface area contributed by atoms with Gasteiger partial charge < -0.3 is 10.6 Å². The monoisotopic (exact) mass is 604 g/mol. The second-order valence-electron chi connectivity index (χ2n) is 8.80. The highest BCUT2D eigenvalue weighted by Crippen LogP contribution is 2.28. The number of amides is 1. The molecule has 7 nitrogen and oxygen atoms in total. The van der Waals surface area contributed by atoms with Crippen LogP contribution in [0.4, 0.5) is 5.69 Å². The van der Waals surface area contributed by atoms with Crippen LogP contribution in [-0.4, -0.2) is 49.8 Å². The first-order chi connectivity index (χ1) is 18.7. The number of rotatable bonds is 12. The first kappa shape index (κ1) is 29.1. The number of halogens is 3. The molecule has 0 aliphatic heterocycles. The Morgan fingerprint density at radius 1 is 0.897 bits per heavy atom. The highest BCUT2D eigenvalue weighted by Gasteiger charge is 2.28. The molecule has 4 rings (SSSR count). The topological polar surface area (TPSA) is 91.4 Å². The number of pyridine rings is 1. The van der Waals surface area contributed by atoms with Crippen LogP contribution < -0.4 is 10.6 Å². The van der Waals surface area contributed by atoms with Gasteiger partial charge in [-0.25, -0.2) is 8.42 Å². The van der Waals surface area contributed by atoms with E-state index in [4.69, 9.17) is 34.8 Å². The molecule has 0 radical (unpaired) electrons. The molecule has 0 unspecified atom stereocenters. The summed E-state index contributed by atoms with van der Waals surface area (Å²) in [4.78, 5) is 17.0. The Labute approximate surface area is 243 Å². The van der Waals surface area contributed by atoms with Gasteiger partial charge in [-0.15, -0.1) is 0 Å². The number of sulfonamides is 1. The molecule has 11 heteroatoms. The molecule has 39 heavy (non-hydrogen) atoms. The molecular weight excluding hydrogens is 579 g/mol. The first-order valence-corrected chi connectivity index (χ1v) is 14.9. The highest BCUT2D eigenvalue weighted by molar-refractivity contribution is 7.89. The summed E-state index contributed by atoms with van der Waals surface area (Å²) < 4.78 is 28.1. The van der Waals surface area contributed by atoms with Gasteiger partial charge in [-0.3, -0.25) is 9.78 Å². The number of nitrogens with zero attached hydrogens (tertiary/aromatic N) is 2. The van der Waals surface area contributed by atoms with E-state index in [1.54, 1.807) is 12.3 Å². The van der Waals surface area contributed by atoms with Gasteiger partial charge in [0, 0.05) is 46.9 Å². The van der Waals surface area contributed by atoms with E-state index < -0.39 is 15.9 Å². The lowest BCUT2D eigenvalue weighted by atomic mass is 10.1. The predicted octanol–water partition coefficient (Wildman–Crippen LogP) is 6.05. The van der Waals surface area contributed by atoms with Crippen molar-refractivity contribution in [1.82, 2.24) is 14.6 Å². The van der Waals surface area contributed by atoms with Gasteiger partial charge in [0.2, 0.25) is 15.9 Å². The molecule has 0 aliphatic carbocycles. The van der Waals surface area contributed by atoms with Gasteiger partial charge in [0.1, 0.15) is 4.90 Å². The quantitative estimate of drug-likeness (QED) is 0.192. The molecule has 0 atom stereocenters. The summed E-state index contributed by atoms with van der Waals surface area (Å²) in [6.45, 7) is 0.714. The molecular formula is C28H27Cl3N4O3S. The van der Waals surface area contributed by atoms with Crippen molar-refractivity contribution < 1.29 is 13.2 Å². The molecule has 204 valence electrons. The van der Waals surface area contributed by atoms with Crippen LogP contribution in [0.3, 0.4) is 0 Å². The van der Waals surface area contributed by atoms with Gasteiger partial charge in [-0.1, -0.05) is 65.1 Å². The molecule has 1 amide bonds. The lowest BCUT2D eigenvalue weighted by molar-refractivity contribution is -0.121. The SMILES string of the molecule is O=C(CN(CCc1ccccc1)S(=O)(=O)c1cc(Cl)ccc1Cl)NCCCNc1ccnc2cc(Cl)ccc12. The molecule has 1 aromatic heterocycles. The second-order valence-corrected chi connectivity index (χ2v) is 12.0. The van der Waals surface area contributed by atoms with Gasteiger partial charge >= 0.3 is 0 Å². The Bertz CT molecular complexity index is 1550. The van der Waals surface area contributed by atoms with E-state index in [9.17, 15) is 13.2 Å². The smallest absolute Gasteiger partial charge is 0.245 e. The van der Waals surface area contributed by atoms with Crippen molar-refractivity contribution >= 4 is 67.3 Å². The normalized spacial score (nSPS) is 11.6.